The number of sulfonamides is 1. The van der Waals surface area contributed by atoms with Crippen LogP contribution in [0.25, 0.3) is 6.08 Å². The Balaban J connectivity index is 1.34. The number of benzene rings is 2. The van der Waals surface area contributed by atoms with E-state index in [-0.39, 0.29) is 10.8 Å². The molecule has 1 amide bonds. The predicted molar refractivity (Wildman–Crippen MR) is 159 cm³/mol. The van der Waals surface area contributed by atoms with Crippen LogP contribution < -0.4 is 14.5 Å². The Hall–Kier alpha value is -3.36. The van der Waals surface area contributed by atoms with E-state index in [4.69, 9.17) is 11.6 Å². The van der Waals surface area contributed by atoms with Gasteiger partial charge < -0.3 is 10.2 Å². The average molecular weight is 567 g/mol. The van der Waals surface area contributed by atoms with Crippen LogP contribution in [0.2, 0.25) is 5.02 Å². The molecule has 2 aromatic carbocycles. The van der Waals surface area contributed by atoms with E-state index in [0.717, 1.165) is 38.2 Å². The van der Waals surface area contributed by atoms with Crippen molar-refractivity contribution in [3.05, 3.63) is 88.6 Å². The molecule has 39 heavy (non-hydrogen) atoms. The third-order valence-electron chi connectivity index (χ3n) is 7.22. The number of rotatable bonds is 9. The topological polar surface area (TPSA) is 82.6 Å². The number of anilines is 2. The zero-order valence-corrected chi connectivity index (χ0v) is 24.2. The van der Waals surface area contributed by atoms with Crippen molar-refractivity contribution in [1.29, 1.82) is 0 Å². The molecule has 1 aliphatic heterocycles. The number of para-hydroxylation sites is 1. The van der Waals surface area contributed by atoms with Crippen LogP contribution in [0.3, 0.4) is 0 Å². The van der Waals surface area contributed by atoms with E-state index in [0.29, 0.717) is 39.9 Å². The summed E-state index contributed by atoms with van der Waals surface area (Å²) in [5, 5.41) is 3.50. The number of hydrogen-bond acceptors (Lipinski definition) is 5. The summed E-state index contributed by atoms with van der Waals surface area (Å²) in [5.41, 5.74) is 2.38. The molecule has 9 heteroatoms. The molecule has 206 valence electrons. The Morgan fingerprint density at radius 2 is 1.82 bits per heavy atom. The summed E-state index contributed by atoms with van der Waals surface area (Å²) in [5.74, 6) is 1.38. The molecule has 7 nitrogen and oxygen atoms in total. The summed E-state index contributed by atoms with van der Waals surface area (Å²) in [6, 6.07) is 16.3. The molecule has 1 saturated heterocycles. The van der Waals surface area contributed by atoms with E-state index in [2.05, 4.69) is 15.2 Å². The lowest BCUT2D eigenvalue weighted by Crippen LogP contribution is -2.35. The van der Waals surface area contributed by atoms with Crippen LogP contribution in [0.5, 0.6) is 0 Å². The zero-order chi connectivity index (χ0) is 28.0. The summed E-state index contributed by atoms with van der Waals surface area (Å²) >= 11 is 6.18. The highest BCUT2D eigenvalue weighted by Crippen LogP contribution is 2.30. The Morgan fingerprint density at radius 3 is 2.54 bits per heavy atom. The summed E-state index contributed by atoms with van der Waals surface area (Å²) in [7, 11) is -2.32. The number of aromatic nitrogens is 1. The maximum absolute atomic E-state index is 13.5. The normalized spacial score (nSPS) is 14.5. The first-order valence-corrected chi connectivity index (χ1v) is 14.9. The van der Waals surface area contributed by atoms with E-state index in [1.54, 1.807) is 50.3 Å². The number of carbonyl (C=O) groups is 1. The summed E-state index contributed by atoms with van der Waals surface area (Å²) < 4.78 is 28.2. The molecule has 0 saturated carbocycles. The maximum atomic E-state index is 13.5. The number of carbonyl (C=O) groups excluding carboxylic acids is 1. The van der Waals surface area contributed by atoms with Gasteiger partial charge >= 0.3 is 0 Å². The predicted octanol–water partition coefficient (Wildman–Crippen LogP) is 5.61. The molecular formula is C30H35ClN4O3S. The van der Waals surface area contributed by atoms with E-state index in [1.165, 1.54) is 17.4 Å². The van der Waals surface area contributed by atoms with Gasteiger partial charge in [-0.1, -0.05) is 35.9 Å². The van der Waals surface area contributed by atoms with Gasteiger partial charge in [0.15, 0.2) is 0 Å². The average Bonchev–Trinajstić information content (AvgIpc) is 2.94. The number of nitrogens with zero attached hydrogens (tertiary/aromatic N) is 3. The molecule has 1 N–H and O–H groups in total. The van der Waals surface area contributed by atoms with Gasteiger partial charge in [-0.3, -0.25) is 9.10 Å². The molecule has 1 aliphatic rings. The minimum atomic E-state index is -3.84. The quantitative estimate of drug-likeness (QED) is 0.340. The van der Waals surface area contributed by atoms with E-state index >= 15 is 0 Å². The van der Waals surface area contributed by atoms with Gasteiger partial charge in [-0.25, -0.2) is 13.4 Å². The van der Waals surface area contributed by atoms with Gasteiger partial charge in [0.2, 0.25) is 5.91 Å². The summed E-state index contributed by atoms with van der Waals surface area (Å²) in [6.45, 7) is 6.05. The number of nitrogens with one attached hydrogen (secondary N) is 1. The number of halogens is 1. The highest BCUT2D eigenvalue weighted by molar-refractivity contribution is 7.92. The Labute approximate surface area is 236 Å². The molecule has 3 aromatic rings. The van der Waals surface area contributed by atoms with Crippen molar-refractivity contribution in [2.45, 2.75) is 38.0 Å². The van der Waals surface area contributed by atoms with Gasteiger partial charge in [0, 0.05) is 44.0 Å². The summed E-state index contributed by atoms with van der Waals surface area (Å²) in [4.78, 5) is 19.5. The first-order valence-electron chi connectivity index (χ1n) is 13.1. The van der Waals surface area contributed by atoms with Crippen LogP contribution >= 0.6 is 11.6 Å². The van der Waals surface area contributed by atoms with Crippen molar-refractivity contribution in [2.75, 3.05) is 35.9 Å². The molecule has 0 aliphatic carbocycles. The third kappa shape index (κ3) is 6.99. The SMILES string of the molecule is Cc1cc(S(=O)(=O)N(C)c2ccccc2/C=C/C(=O)NCCC2CCN(c3ccccn3)CC2)c(C)cc1Cl. The van der Waals surface area contributed by atoms with Crippen LogP contribution in [0.1, 0.15) is 36.0 Å². The molecule has 4 rings (SSSR count). The zero-order valence-electron chi connectivity index (χ0n) is 22.6. The van der Waals surface area contributed by atoms with Crippen LogP contribution in [0.15, 0.2) is 71.8 Å². The summed E-state index contributed by atoms with van der Waals surface area (Å²) in [6.07, 6.45) is 8.00. The second kappa shape index (κ2) is 12.7. The van der Waals surface area contributed by atoms with Crippen molar-refractivity contribution in [1.82, 2.24) is 10.3 Å². The van der Waals surface area contributed by atoms with Crippen LogP contribution in [-0.4, -0.2) is 46.0 Å². The van der Waals surface area contributed by atoms with Gasteiger partial charge in [0.05, 0.1) is 10.6 Å². The molecule has 0 bridgehead atoms. The fourth-order valence-corrected chi connectivity index (χ4v) is 6.57. The number of pyridine rings is 1. The standard InChI is InChI=1S/C30H35ClN4O3S/c1-22-21-28(23(2)20-26(22)31)39(37,38)34(3)27-9-5-4-8-25(27)11-12-30(36)33-17-13-24-14-18-35(19-15-24)29-10-6-7-16-32-29/h4-12,16,20-21,24H,13-15,17-19H2,1-3H3,(H,33,36)/b12-11+. The van der Waals surface area contributed by atoms with Crippen molar-refractivity contribution in [3.63, 3.8) is 0 Å². The smallest absolute Gasteiger partial charge is 0.264 e. The van der Waals surface area contributed by atoms with Crippen molar-refractivity contribution >= 4 is 45.1 Å². The molecule has 1 fully saturated rings. The van der Waals surface area contributed by atoms with Gasteiger partial charge in [-0.2, -0.15) is 0 Å². The van der Waals surface area contributed by atoms with Gasteiger partial charge in [0.1, 0.15) is 5.82 Å². The molecule has 0 unspecified atom stereocenters. The number of amides is 1. The van der Waals surface area contributed by atoms with Crippen molar-refractivity contribution < 1.29 is 13.2 Å². The number of piperidine rings is 1. The minimum Gasteiger partial charge on any atom is -0.357 e. The van der Waals surface area contributed by atoms with E-state index in [1.807, 2.05) is 30.5 Å². The van der Waals surface area contributed by atoms with Crippen molar-refractivity contribution in [3.8, 4) is 0 Å². The molecule has 1 aromatic heterocycles. The lowest BCUT2D eigenvalue weighted by Gasteiger charge is -2.32. The van der Waals surface area contributed by atoms with Gasteiger partial charge in [-0.05, 0) is 92.1 Å². The second-order valence-corrected chi connectivity index (χ2v) is 12.3. The fourth-order valence-electron chi connectivity index (χ4n) is 4.84. The Kier molecular flexibility index (Phi) is 9.30. The number of aryl methyl sites for hydroxylation is 2. The van der Waals surface area contributed by atoms with Crippen LogP contribution in [-0.2, 0) is 14.8 Å². The monoisotopic (exact) mass is 566 g/mol. The van der Waals surface area contributed by atoms with Crippen LogP contribution in [0.4, 0.5) is 11.5 Å². The number of hydrogen-bond donors (Lipinski definition) is 1. The van der Waals surface area contributed by atoms with E-state index < -0.39 is 10.0 Å². The molecular weight excluding hydrogens is 532 g/mol. The maximum Gasteiger partial charge on any atom is 0.264 e. The van der Waals surface area contributed by atoms with Gasteiger partial charge in [-0.15, -0.1) is 0 Å². The Bertz CT molecular complexity index is 1440. The molecule has 2 heterocycles. The lowest BCUT2D eigenvalue weighted by atomic mass is 9.93. The molecule has 0 radical (unpaired) electrons. The minimum absolute atomic E-state index is 0.203. The van der Waals surface area contributed by atoms with E-state index in [9.17, 15) is 13.2 Å². The highest BCUT2D eigenvalue weighted by Gasteiger charge is 2.25. The van der Waals surface area contributed by atoms with Gasteiger partial charge in [0.25, 0.3) is 10.0 Å². The lowest BCUT2D eigenvalue weighted by molar-refractivity contribution is -0.116. The fraction of sp³-hybridized carbons (Fsp3) is 0.333. The largest absolute Gasteiger partial charge is 0.357 e. The highest BCUT2D eigenvalue weighted by atomic mass is 35.5. The van der Waals surface area contributed by atoms with Crippen molar-refractivity contribution in [2.24, 2.45) is 5.92 Å². The van der Waals surface area contributed by atoms with Crippen LogP contribution in [0, 0.1) is 19.8 Å². The second-order valence-electron chi connectivity index (χ2n) is 9.93. The first kappa shape index (κ1) is 28.6. The molecule has 0 spiro atoms. The Morgan fingerprint density at radius 1 is 1.10 bits per heavy atom. The third-order valence-corrected chi connectivity index (χ3v) is 9.55. The molecule has 0 atom stereocenters. The first-order chi connectivity index (χ1) is 18.7.